The Balaban J connectivity index is 1.53. The van der Waals surface area contributed by atoms with Gasteiger partial charge >= 0.3 is 0 Å². The van der Waals surface area contributed by atoms with E-state index in [4.69, 9.17) is 16.4 Å². The summed E-state index contributed by atoms with van der Waals surface area (Å²) in [6, 6.07) is 3.62. The average Bonchev–Trinajstić information content (AvgIpc) is 3.16. The topological polar surface area (TPSA) is 72.6 Å². The Kier molecular flexibility index (Phi) is 7.02. The van der Waals surface area contributed by atoms with Crippen LogP contribution in [0, 0.1) is 11.8 Å². The number of hydrogen-bond donors (Lipinski definition) is 0. The number of halogens is 3. The Morgan fingerprint density at radius 1 is 1.57 bits per heavy atom. The van der Waals surface area contributed by atoms with Crippen molar-refractivity contribution >= 4 is 29.4 Å². The minimum absolute atomic E-state index is 0.0710. The molecule has 0 bridgehead atoms. The third-order valence-electron chi connectivity index (χ3n) is 4.98. The van der Waals surface area contributed by atoms with Gasteiger partial charge in [0.2, 0.25) is 5.91 Å². The molecule has 1 amide bonds. The van der Waals surface area contributed by atoms with Crippen LogP contribution in [0.25, 0.3) is 5.69 Å². The van der Waals surface area contributed by atoms with Gasteiger partial charge in [-0.1, -0.05) is 23.7 Å². The van der Waals surface area contributed by atoms with Crippen molar-refractivity contribution in [3.05, 3.63) is 35.9 Å². The van der Waals surface area contributed by atoms with Gasteiger partial charge < -0.3 is 9.74 Å². The predicted octanol–water partition coefficient (Wildman–Crippen LogP) is 4.35. The highest BCUT2D eigenvalue weighted by atomic mass is 35.5. The van der Waals surface area contributed by atoms with Crippen molar-refractivity contribution in [2.45, 2.75) is 39.0 Å². The van der Waals surface area contributed by atoms with Gasteiger partial charge in [0.05, 0.1) is 18.1 Å². The Hall–Kier alpha value is -2.55. The molecule has 1 aliphatic rings. The summed E-state index contributed by atoms with van der Waals surface area (Å²) in [6.07, 6.45) is 7.05. The highest BCUT2D eigenvalue weighted by Crippen LogP contribution is 2.50. The first-order valence-corrected chi connectivity index (χ1v) is 10.2. The van der Waals surface area contributed by atoms with E-state index in [2.05, 4.69) is 15.2 Å². The van der Waals surface area contributed by atoms with Gasteiger partial charge in [0.1, 0.15) is 12.3 Å². The molecule has 3 rings (SSSR count). The first kappa shape index (κ1) is 22.1. The van der Waals surface area contributed by atoms with Crippen LogP contribution in [0.15, 0.2) is 35.9 Å². The van der Waals surface area contributed by atoms with Gasteiger partial charge in [-0.3, -0.25) is 9.78 Å². The minimum atomic E-state index is -2.54. The largest absolute Gasteiger partial charge is 0.396 e. The Morgan fingerprint density at radius 2 is 2.33 bits per heavy atom. The van der Waals surface area contributed by atoms with Crippen molar-refractivity contribution in [1.82, 2.24) is 14.8 Å². The average molecular weight is 440 g/mol. The molecule has 30 heavy (non-hydrogen) atoms. The fourth-order valence-corrected chi connectivity index (χ4v) is 3.27. The van der Waals surface area contributed by atoms with Crippen LogP contribution in [0.1, 0.15) is 33.1 Å². The summed E-state index contributed by atoms with van der Waals surface area (Å²) in [4.78, 5) is 23.5. The molecule has 162 valence electrons. The van der Waals surface area contributed by atoms with Crippen LogP contribution < -0.4 is 4.90 Å². The van der Waals surface area contributed by atoms with Crippen molar-refractivity contribution in [2.24, 2.45) is 17.0 Å². The van der Waals surface area contributed by atoms with Crippen molar-refractivity contribution < 1.29 is 18.4 Å². The number of rotatable bonds is 10. The molecule has 2 unspecified atom stereocenters. The lowest BCUT2D eigenvalue weighted by molar-refractivity contribution is -0.121. The molecule has 2 heterocycles. The molecule has 7 nitrogen and oxygen atoms in total. The number of amides is 1. The van der Waals surface area contributed by atoms with Crippen LogP contribution in [0.2, 0.25) is 5.15 Å². The zero-order valence-electron chi connectivity index (χ0n) is 16.8. The lowest BCUT2D eigenvalue weighted by Gasteiger charge is -2.22. The Morgan fingerprint density at radius 3 is 2.97 bits per heavy atom. The lowest BCUT2D eigenvalue weighted by atomic mass is 10.1. The summed E-state index contributed by atoms with van der Waals surface area (Å²) in [5, 5.41) is 8.25. The number of nitrogens with zero attached hydrogens (tertiary/aromatic N) is 5. The van der Waals surface area contributed by atoms with Gasteiger partial charge in [0.25, 0.3) is 5.92 Å². The summed E-state index contributed by atoms with van der Waals surface area (Å²) in [5.74, 6) is -3.63. The maximum Gasteiger partial charge on any atom is 0.251 e. The third kappa shape index (κ3) is 5.33. The summed E-state index contributed by atoms with van der Waals surface area (Å²) in [6.45, 7) is 4.20. The third-order valence-corrected chi connectivity index (χ3v) is 5.25. The molecule has 0 radical (unpaired) electrons. The van der Waals surface area contributed by atoms with Crippen LogP contribution in [0.3, 0.4) is 0 Å². The lowest BCUT2D eigenvalue weighted by Crippen LogP contribution is -2.35. The SMILES string of the molecule is CCN(C(=O)C(C)CC=NOCCC1CC1(F)F)c1cn(-c2cccnc2)nc1Cl. The van der Waals surface area contributed by atoms with Crippen molar-refractivity contribution in [2.75, 3.05) is 18.1 Å². The second kappa shape index (κ2) is 9.51. The zero-order chi connectivity index (χ0) is 21.7. The molecule has 0 N–H and O–H groups in total. The van der Waals surface area contributed by atoms with E-state index in [0.717, 1.165) is 5.69 Å². The first-order valence-electron chi connectivity index (χ1n) is 9.82. The number of hydrogen-bond acceptors (Lipinski definition) is 5. The van der Waals surface area contributed by atoms with E-state index in [0.29, 0.717) is 18.7 Å². The van der Waals surface area contributed by atoms with Crippen molar-refractivity contribution in [1.29, 1.82) is 0 Å². The van der Waals surface area contributed by atoms with E-state index in [-0.39, 0.29) is 36.4 Å². The standard InChI is InChI=1S/C20H24ClF2N5O2/c1-3-27(17-13-28(26-18(17)21)16-5-4-8-24-12-16)19(29)14(2)6-9-25-30-10-7-15-11-20(15,22)23/h4-5,8-9,12-15H,3,6-7,10-11H2,1-2H3. The number of carbonyl (C=O) groups is 1. The van der Waals surface area contributed by atoms with Crippen LogP contribution in [0.4, 0.5) is 14.5 Å². The molecule has 2 aromatic rings. The van der Waals surface area contributed by atoms with Gasteiger partial charge in [-0.05, 0) is 31.9 Å². The maximum atomic E-state index is 12.9. The number of carbonyl (C=O) groups excluding carboxylic acids is 1. The molecular formula is C20H24ClF2N5O2. The molecular weight excluding hydrogens is 416 g/mol. The molecule has 0 aromatic carbocycles. The molecule has 1 fully saturated rings. The number of pyridine rings is 1. The van der Waals surface area contributed by atoms with Gasteiger partial charge in [-0.15, -0.1) is 0 Å². The fourth-order valence-electron chi connectivity index (χ4n) is 3.04. The quantitative estimate of drug-likeness (QED) is 0.313. The monoisotopic (exact) mass is 439 g/mol. The molecule has 0 aliphatic heterocycles. The molecule has 1 aliphatic carbocycles. The second-order valence-electron chi connectivity index (χ2n) is 7.25. The first-order chi connectivity index (χ1) is 14.3. The second-order valence-corrected chi connectivity index (χ2v) is 7.61. The van der Waals surface area contributed by atoms with E-state index in [9.17, 15) is 13.6 Å². The molecule has 2 aromatic heterocycles. The summed E-state index contributed by atoms with van der Waals surface area (Å²) in [7, 11) is 0. The Bertz CT molecular complexity index is 891. The molecule has 10 heteroatoms. The van der Waals surface area contributed by atoms with E-state index >= 15 is 0 Å². The highest BCUT2D eigenvalue weighted by Gasteiger charge is 2.56. The van der Waals surface area contributed by atoms with Gasteiger partial charge in [-0.2, -0.15) is 5.10 Å². The van der Waals surface area contributed by atoms with Crippen molar-refractivity contribution in [3.8, 4) is 5.69 Å². The minimum Gasteiger partial charge on any atom is -0.396 e. The predicted molar refractivity (Wildman–Crippen MR) is 110 cm³/mol. The summed E-state index contributed by atoms with van der Waals surface area (Å²) >= 11 is 6.28. The number of alkyl halides is 2. The molecule has 0 saturated heterocycles. The van der Waals surface area contributed by atoms with E-state index in [1.54, 1.807) is 41.2 Å². The highest BCUT2D eigenvalue weighted by molar-refractivity contribution is 6.32. The van der Waals surface area contributed by atoms with Crippen molar-refractivity contribution in [3.63, 3.8) is 0 Å². The van der Waals surface area contributed by atoms with Gasteiger partial charge in [-0.25, -0.2) is 13.5 Å². The van der Waals surface area contributed by atoms with Crippen LogP contribution >= 0.6 is 11.6 Å². The Labute approximate surface area is 178 Å². The molecule has 0 spiro atoms. The van der Waals surface area contributed by atoms with Gasteiger partial charge in [0.15, 0.2) is 5.15 Å². The number of anilines is 1. The smallest absolute Gasteiger partial charge is 0.251 e. The fraction of sp³-hybridized carbons (Fsp3) is 0.500. The molecule has 2 atom stereocenters. The van der Waals surface area contributed by atoms with E-state index in [1.165, 1.54) is 6.21 Å². The van der Waals surface area contributed by atoms with E-state index in [1.807, 2.05) is 13.0 Å². The normalized spacial score (nSPS) is 18.4. The van der Waals surface area contributed by atoms with Crippen LogP contribution in [-0.4, -0.2) is 46.0 Å². The van der Waals surface area contributed by atoms with Crippen LogP contribution in [0.5, 0.6) is 0 Å². The van der Waals surface area contributed by atoms with Crippen LogP contribution in [-0.2, 0) is 9.63 Å². The maximum absolute atomic E-state index is 12.9. The van der Waals surface area contributed by atoms with E-state index < -0.39 is 11.8 Å². The number of aromatic nitrogens is 3. The van der Waals surface area contributed by atoms with Gasteiger partial charge in [0, 0.05) is 37.2 Å². The summed E-state index contributed by atoms with van der Waals surface area (Å²) < 4.78 is 27.1. The number of oxime groups is 1. The zero-order valence-corrected chi connectivity index (χ0v) is 17.6. The summed E-state index contributed by atoms with van der Waals surface area (Å²) in [5.41, 5.74) is 1.24. The molecule has 1 saturated carbocycles.